The highest BCUT2D eigenvalue weighted by molar-refractivity contribution is 7.99. The molecule has 1 aliphatic rings. The molecule has 0 amide bonds. The van der Waals surface area contributed by atoms with E-state index in [4.69, 9.17) is 5.73 Å². The molecule has 0 aliphatic heterocycles. The predicted octanol–water partition coefficient (Wildman–Crippen LogP) is 2.83. The van der Waals surface area contributed by atoms with Crippen LogP contribution in [0.2, 0.25) is 0 Å². The van der Waals surface area contributed by atoms with Crippen molar-refractivity contribution >= 4 is 11.8 Å². The molecule has 2 heteroatoms. The van der Waals surface area contributed by atoms with Crippen LogP contribution in [0.4, 0.5) is 0 Å². The van der Waals surface area contributed by atoms with Gasteiger partial charge in [-0.25, -0.2) is 0 Å². The van der Waals surface area contributed by atoms with E-state index in [2.05, 4.69) is 31.2 Å². The van der Waals surface area contributed by atoms with Crippen molar-refractivity contribution in [2.75, 3.05) is 12.3 Å². The predicted molar refractivity (Wildman–Crippen MR) is 62.6 cm³/mol. The summed E-state index contributed by atoms with van der Waals surface area (Å²) >= 11 is 1.94. The third kappa shape index (κ3) is 2.31. The Hall–Kier alpha value is -0.470. The molecule has 0 atom stereocenters. The largest absolute Gasteiger partial charge is 0.330 e. The van der Waals surface area contributed by atoms with Crippen LogP contribution in [0.3, 0.4) is 0 Å². The molecular formula is C12H17NS. The first-order valence-corrected chi connectivity index (χ1v) is 6.12. The van der Waals surface area contributed by atoms with Gasteiger partial charge in [-0.2, -0.15) is 0 Å². The van der Waals surface area contributed by atoms with E-state index >= 15 is 0 Å². The third-order valence-electron chi connectivity index (χ3n) is 2.96. The van der Waals surface area contributed by atoms with E-state index in [1.807, 2.05) is 11.8 Å². The van der Waals surface area contributed by atoms with Crippen LogP contribution in [-0.2, 0) is 0 Å². The smallest absolute Gasteiger partial charge is 0.00723 e. The summed E-state index contributed by atoms with van der Waals surface area (Å²) in [6.45, 7) is 2.97. The van der Waals surface area contributed by atoms with Gasteiger partial charge in [0.25, 0.3) is 0 Å². The summed E-state index contributed by atoms with van der Waals surface area (Å²) in [5, 5.41) is 0. The highest BCUT2D eigenvalue weighted by Gasteiger charge is 2.40. The van der Waals surface area contributed by atoms with Gasteiger partial charge >= 0.3 is 0 Å². The lowest BCUT2D eigenvalue weighted by Crippen LogP contribution is -2.17. The van der Waals surface area contributed by atoms with Gasteiger partial charge in [-0.05, 0) is 43.9 Å². The van der Waals surface area contributed by atoms with Crippen LogP contribution >= 0.6 is 11.8 Å². The van der Waals surface area contributed by atoms with Gasteiger partial charge in [0.05, 0.1) is 0 Å². The molecule has 0 unspecified atom stereocenters. The zero-order valence-corrected chi connectivity index (χ0v) is 9.44. The Balaban J connectivity index is 1.89. The summed E-state index contributed by atoms with van der Waals surface area (Å²) in [6, 6.07) is 8.74. The molecule has 0 heterocycles. The van der Waals surface area contributed by atoms with Crippen LogP contribution in [0.1, 0.15) is 18.4 Å². The van der Waals surface area contributed by atoms with Crippen molar-refractivity contribution in [1.82, 2.24) is 0 Å². The Labute approximate surface area is 90.1 Å². The summed E-state index contributed by atoms with van der Waals surface area (Å²) in [6.07, 6.45) is 2.64. The Bertz CT molecular complexity index is 301. The van der Waals surface area contributed by atoms with Crippen molar-refractivity contribution in [1.29, 1.82) is 0 Å². The lowest BCUT2D eigenvalue weighted by Gasteiger charge is -2.11. The van der Waals surface area contributed by atoms with E-state index in [0.29, 0.717) is 5.41 Å². The van der Waals surface area contributed by atoms with Crippen LogP contribution in [0.15, 0.2) is 29.2 Å². The fourth-order valence-electron chi connectivity index (χ4n) is 1.46. The second-order valence-electron chi connectivity index (χ2n) is 4.31. The standard InChI is InChI=1S/C12H17NS/c1-10-2-4-11(5-3-10)14-9-12(8-13)6-7-12/h2-5H,6-9,13H2,1H3. The Morgan fingerprint density at radius 3 is 2.43 bits per heavy atom. The van der Waals surface area contributed by atoms with Crippen LogP contribution in [0.25, 0.3) is 0 Å². The molecule has 2 N–H and O–H groups in total. The average molecular weight is 207 g/mol. The van der Waals surface area contributed by atoms with Crippen molar-refractivity contribution in [3.05, 3.63) is 29.8 Å². The zero-order chi connectivity index (χ0) is 10.0. The number of hydrogen-bond acceptors (Lipinski definition) is 2. The number of hydrogen-bond donors (Lipinski definition) is 1. The van der Waals surface area contributed by atoms with E-state index in [1.165, 1.54) is 29.1 Å². The quantitative estimate of drug-likeness (QED) is 0.768. The minimum absolute atomic E-state index is 0.482. The fraction of sp³-hybridized carbons (Fsp3) is 0.500. The third-order valence-corrected chi connectivity index (χ3v) is 4.32. The number of benzene rings is 1. The average Bonchev–Trinajstić information content (AvgIpc) is 2.98. The number of rotatable bonds is 4. The Morgan fingerprint density at radius 2 is 1.93 bits per heavy atom. The highest BCUT2D eigenvalue weighted by Crippen LogP contribution is 2.48. The van der Waals surface area contributed by atoms with Crippen molar-refractivity contribution < 1.29 is 0 Å². The van der Waals surface area contributed by atoms with Crippen molar-refractivity contribution in [2.45, 2.75) is 24.7 Å². The van der Waals surface area contributed by atoms with Gasteiger partial charge in [0.1, 0.15) is 0 Å². The molecule has 0 aromatic heterocycles. The minimum Gasteiger partial charge on any atom is -0.330 e. The first-order chi connectivity index (χ1) is 6.74. The molecule has 76 valence electrons. The molecule has 1 nitrogen and oxygen atoms in total. The van der Waals surface area contributed by atoms with Gasteiger partial charge in [-0.3, -0.25) is 0 Å². The lowest BCUT2D eigenvalue weighted by molar-refractivity contribution is 0.600. The number of aryl methyl sites for hydroxylation is 1. The maximum Gasteiger partial charge on any atom is 0.00723 e. The maximum atomic E-state index is 5.74. The van der Waals surface area contributed by atoms with Gasteiger partial charge < -0.3 is 5.73 Å². The molecule has 2 rings (SSSR count). The first kappa shape index (κ1) is 10.1. The molecule has 0 saturated heterocycles. The zero-order valence-electron chi connectivity index (χ0n) is 8.62. The van der Waals surface area contributed by atoms with Gasteiger partial charge in [0.15, 0.2) is 0 Å². The molecule has 1 fully saturated rings. The van der Waals surface area contributed by atoms with Crippen molar-refractivity contribution in [2.24, 2.45) is 11.1 Å². The summed E-state index contributed by atoms with van der Waals surface area (Å²) in [7, 11) is 0. The molecule has 0 radical (unpaired) electrons. The molecule has 0 bridgehead atoms. The van der Waals surface area contributed by atoms with E-state index in [1.54, 1.807) is 0 Å². The van der Waals surface area contributed by atoms with Crippen molar-refractivity contribution in [3.63, 3.8) is 0 Å². The highest BCUT2D eigenvalue weighted by atomic mass is 32.2. The molecule has 1 aromatic carbocycles. The molecule has 0 spiro atoms. The second kappa shape index (κ2) is 3.95. The Morgan fingerprint density at radius 1 is 1.29 bits per heavy atom. The van der Waals surface area contributed by atoms with E-state index < -0.39 is 0 Å². The van der Waals surface area contributed by atoms with Crippen LogP contribution in [0.5, 0.6) is 0 Å². The molecular weight excluding hydrogens is 190 g/mol. The first-order valence-electron chi connectivity index (χ1n) is 5.14. The van der Waals surface area contributed by atoms with Gasteiger partial charge in [-0.15, -0.1) is 11.8 Å². The molecule has 1 aliphatic carbocycles. The number of thioether (sulfide) groups is 1. The SMILES string of the molecule is Cc1ccc(SCC2(CN)CC2)cc1. The summed E-state index contributed by atoms with van der Waals surface area (Å²) in [5.74, 6) is 1.19. The fourth-order valence-corrected chi connectivity index (χ4v) is 2.66. The normalized spacial score (nSPS) is 18.1. The second-order valence-corrected chi connectivity index (χ2v) is 5.35. The molecule has 1 aromatic rings. The maximum absolute atomic E-state index is 5.74. The monoisotopic (exact) mass is 207 g/mol. The van der Waals surface area contributed by atoms with Gasteiger partial charge in [-0.1, -0.05) is 17.7 Å². The minimum atomic E-state index is 0.482. The number of nitrogens with two attached hydrogens (primary N) is 1. The molecule has 14 heavy (non-hydrogen) atoms. The summed E-state index contributed by atoms with van der Waals surface area (Å²) in [5.41, 5.74) is 7.55. The van der Waals surface area contributed by atoms with Crippen LogP contribution in [-0.4, -0.2) is 12.3 Å². The lowest BCUT2D eigenvalue weighted by atomic mass is 10.1. The summed E-state index contributed by atoms with van der Waals surface area (Å²) < 4.78 is 0. The molecule has 1 saturated carbocycles. The summed E-state index contributed by atoms with van der Waals surface area (Å²) in [4.78, 5) is 1.37. The van der Waals surface area contributed by atoms with Crippen molar-refractivity contribution in [3.8, 4) is 0 Å². The van der Waals surface area contributed by atoms with E-state index in [0.717, 1.165) is 6.54 Å². The topological polar surface area (TPSA) is 26.0 Å². The van der Waals surface area contributed by atoms with Crippen LogP contribution in [0, 0.1) is 12.3 Å². The van der Waals surface area contributed by atoms with Gasteiger partial charge in [0, 0.05) is 10.6 Å². The van der Waals surface area contributed by atoms with E-state index in [9.17, 15) is 0 Å². The van der Waals surface area contributed by atoms with Gasteiger partial charge in [0.2, 0.25) is 0 Å². The van der Waals surface area contributed by atoms with Crippen LogP contribution < -0.4 is 5.73 Å². The Kier molecular flexibility index (Phi) is 2.84. The van der Waals surface area contributed by atoms with E-state index in [-0.39, 0.29) is 0 Å².